The average molecular weight is 693 g/mol. The minimum absolute atomic E-state index is 0.0549. The third-order valence-corrected chi connectivity index (χ3v) is 11.3. The molecule has 0 amide bonds. The minimum Gasteiger partial charge on any atom is -0.454 e. The second-order valence-corrected chi connectivity index (χ2v) is 14.4. The fourth-order valence-corrected chi connectivity index (χ4v) is 8.80. The van der Waals surface area contributed by atoms with Crippen LogP contribution in [0, 0.1) is 0 Å². The fourth-order valence-electron chi connectivity index (χ4n) is 8.80. The number of fused-ring (bicyclic) bond motifs is 7. The molecule has 256 valence electrons. The molecule has 3 heterocycles. The van der Waals surface area contributed by atoms with Crippen LogP contribution in [0.15, 0.2) is 180 Å². The number of anilines is 1. The molecule has 0 saturated carbocycles. The summed E-state index contributed by atoms with van der Waals surface area (Å²) in [6, 6.07) is 61.2. The van der Waals surface area contributed by atoms with Gasteiger partial charge >= 0.3 is 0 Å². The maximum absolute atomic E-state index is 7.01. The lowest BCUT2D eigenvalue weighted by atomic mass is 9.87. The van der Waals surface area contributed by atoms with Crippen LogP contribution in [0.1, 0.15) is 35.6 Å². The van der Waals surface area contributed by atoms with Crippen molar-refractivity contribution in [1.82, 2.24) is 4.57 Å². The van der Waals surface area contributed by atoms with Crippen LogP contribution < -0.4 is 16.0 Å². The van der Waals surface area contributed by atoms with Crippen LogP contribution in [0.25, 0.3) is 72.4 Å². The number of aromatic nitrogens is 1. The normalized spacial score (nSPS) is 15.1. The molecule has 54 heavy (non-hydrogen) atoms. The third-order valence-electron chi connectivity index (χ3n) is 11.3. The van der Waals surface area contributed by atoms with Crippen molar-refractivity contribution >= 4 is 55.8 Å². The van der Waals surface area contributed by atoms with Crippen molar-refractivity contribution in [3.63, 3.8) is 0 Å². The van der Waals surface area contributed by atoms with Crippen molar-refractivity contribution in [2.24, 2.45) is 0 Å². The average Bonchev–Trinajstić information content (AvgIpc) is 3.80. The first-order valence-electron chi connectivity index (χ1n) is 18.9. The van der Waals surface area contributed by atoms with Gasteiger partial charge in [-0.1, -0.05) is 140 Å². The zero-order valence-electron chi connectivity index (χ0n) is 29.7. The summed E-state index contributed by atoms with van der Waals surface area (Å²) >= 11 is 0. The molecular weight excluding hydrogens is 657 g/mol. The Bertz CT molecular complexity index is 2960. The van der Waals surface area contributed by atoms with Crippen LogP contribution in [0.3, 0.4) is 0 Å². The molecular formula is C51H36N2O. The van der Waals surface area contributed by atoms with Crippen LogP contribution in [-0.4, -0.2) is 4.57 Å². The highest BCUT2D eigenvalue weighted by molar-refractivity contribution is 6.12. The Morgan fingerprint density at radius 1 is 0.556 bits per heavy atom. The second kappa shape index (κ2) is 12.4. The molecule has 7 aromatic carbocycles. The Kier molecular flexibility index (Phi) is 7.06. The van der Waals surface area contributed by atoms with E-state index in [4.69, 9.17) is 4.42 Å². The van der Waals surface area contributed by atoms with E-state index in [1.54, 1.807) is 0 Å². The van der Waals surface area contributed by atoms with Gasteiger partial charge in [0.2, 0.25) is 0 Å². The van der Waals surface area contributed by atoms with E-state index in [-0.39, 0.29) is 6.04 Å². The highest BCUT2D eigenvalue weighted by Gasteiger charge is 2.25. The maximum Gasteiger partial charge on any atom is 0.154 e. The molecule has 2 aromatic heterocycles. The van der Waals surface area contributed by atoms with E-state index in [0.717, 1.165) is 29.5 Å². The molecule has 3 heteroatoms. The van der Waals surface area contributed by atoms with Crippen molar-refractivity contribution in [1.29, 1.82) is 0 Å². The van der Waals surface area contributed by atoms with E-state index in [2.05, 4.69) is 192 Å². The van der Waals surface area contributed by atoms with E-state index in [9.17, 15) is 0 Å². The predicted molar refractivity (Wildman–Crippen MR) is 225 cm³/mol. The van der Waals surface area contributed by atoms with Crippen molar-refractivity contribution < 1.29 is 4.42 Å². The summed E-state index contributed by atoms with van der Waals surface area (Å²) in [6.45, 7) is 0. The van der Waals surface area contributed by atoms with Crippen molar-refractivity contribution in [3.8, 4) is 22.3 Å². The van der Waals surface area contributed by atoms with Gasteiger partial charge in [-0.2, -0.15) is 0 Å². The summed E-state index contributed by atoms with van der Waals surface area (Å²) < 4.78 is 9.49. The number of rotatable bonds is 5. The quantitative estimate of drug-likeness (QED) is 0.195. The Hall–Kier alpha value is -6.84. The van der Waals surface area contributed by atoms with Crippen LogP contribution >= 0.6 is 0 Å². The summed E-state index contributed by atoms with van der Waals surface area (Å²) in [4.78, 5) is 0. The Morgan fingerprint density at radius 2 is 1.17 bits per heavy atom. The van der Waals surface area contributed by atoms with E-state index >= 15 is 0 Å². The number of nitrogens with zero attached hydrogens (tertiary/aromatic N) is 1. The van der Waals surface area contributed by atoms with Crippen LogP contribution in [-0.2, 0) is 0 Å². The van der Waals surface area contributed by atoms with E-state index in [0.29, 0.717) is 0 Å². The molecule has 0 fully saturated rings. The van der Waals surface area contributed by atoms with Crippen molar-refractivity contribution in [2.45, 2.75) is 18.9 Å². The molecule has 0 saturated heterocycles. The number of hydrogen-bond acceptors (Lipinski definition) is 2. The molecule has 1 atom stereocenters. The van der Waals surface area contributed by atoms with E-state index < -0.39 is 0 Å². The molecule has 1 aliphatic heterocycles. The van der Waals surface area contributed by atoms with E-state index in [1.807, 2.05) is 0 Å². The largest absolute Gasteiger partial charge is 0.454 e. The highest BCUT2D eigenvalue weighted by Crippen LogP contribution is 2.41. The molecule has 2 aliphatic rings. The van der Waals surface area contributed by atoms with Gasteiger partial charge in [0.25, 0.3) is 0 Å². The van der Waals surface area contributed by atoms with Gasteiger partial charge < -0.3 is 14.3 Å². The first-order chi connectivity index (χ1) is 26.8. The molecule has 0 bridgehead atoms. The van der Waals surface area contributed by atoms with Gasteiger partial charge in [-0.3, -0.25) is 0 Å². The van der Waals surface area contributed by atoms with Gasteiger partial charge in [-0.05, 0) is 94.3 Å². The van der Waals surface area contributed by atoms with E-state index in [1.165, 1.54) is 82.6 Å². The monoisotopic (exact) mass is 692 g/mol. The Morgan fingerprint density at radius 3 is 1.85 bits per heavy atom. The summed E-state index contributed by atoms with van der Waals surface area (Å²) in [5, 5.41) is 8.64. The molecule has 1 N–H and O–H groups in total. The topological polar surface area (TPSA) is 30.1 Å². The Labute approximate surface area is 313 Å². The van der Waals surface area contributed by atoms with Gasteiger partial charge in [-0.25, -0.2) is 0 Å². The molecule has 1 aliphatic carbocycles. The fraction of sp³-hybridized carbons (Fsp3) is 0.0588. The standard InChI is InChI=1S/C51H36N2O/c1-4-14-33(15-5-1)36-26-28-46-42(30-36)43-31-37(34-16-6-2-7-17-34)27-29-47(43)53(46)48-24-12-22-40-50-39(21-13-25-49(50)54-51(40)48)41-32-45(35-18-8-3-9-19-35)52-44-23-11-10-20-38(41)44/h1-11,13-23,25-32,45,52H,12,24H2. The van der Waals surface area contributed by atoms with Crippen molar-refractivity contribution in [2.75, 3.05) is 5.32 Å². The Balaban J connectivity index is 1.17. The summed E-state index contributed by atoms with van der Waals surface area (Å²) in [5.41, 5.74) is 16.4. The van der Waals surface area contributed by atoms with Crippen LogP contribution in [0.4, 0.5) is 5.69 Å². The van der Waals surface area contributed by atoms with Crippen LogP contribution in [0.5, 0.6) is 0 Å². The maximum atomic E-state index is 7.01. The number of para-hydroxylation sites is 1. The molecule has 0 radical (unpaired) electrons. The SMILES string of the molecule is C1=C(c2cccc3oc4c(c23)=CCCC=4n2c3ccc(-c4ccccc4)cc3c3cc(-c4ccccc4)ccc32)c2ccccc2NC1c1ccccc1. The summed E-state index contributed by atoms with van der Waals surface area (Å²) in [7, 11) is 0. The third kappa shape index (κ3) is 4.89. The lowest BCUT2D eigenvalue weighted by Gasteiger charge is -2.27. The van der Waals surface area contributed by atoms with Crippen molar-refractivity contribution in [3.05, 3.63) is 203 Å². The van der Waals surface area contributed by atoms with Gasteiger partial charge in [0.05, 0.1) is 22.8 Å². The lowest BCUT2D eigenvalue weighted by Crippen LogP contribution is -2.29. The first kappa shape index (κ1) is 30.8. The van der Waals surface area contributed by atoms with Crippen LogP contribution in [0.2, 0.25) is 0 Å². The molecule has 0 spiro atoms. The zero-order chi connectivity index (χ0) is 35.6. The smallest absolute Gasteiger partial charge is 0.154 e. The number of benzene rings is 7. The summed E-state index contributed by atoms with van der Waals surface area (Å²) in [6.07, 6.45) is 6.60. The molecule has 11 rings (SSSR count). The van der Waals surface area contributed by atoms with Gasteiger partial charge in [0, 0.05) is 32.6 Å². The summed E-state index contributed by atoms with van der Waals surface area (Å²) in [5.74, 6) is 0. The number of nitrogens with one attached hydrogen (secondary N) is 1. The first-order valence-corrected chi connectivity index (χ1v) is 18.9. The van der Waals surface area contributed by atoms with Gasteiger partial charge in [-0.15, -0.1) is 0 Å². The van der Waals surface area contributed by atoms with Gasteiger partial charge in [0.15, 0.2) is 5.42 Å². The number of hydrogen-bond donors (Lipinski definition) is 1. The minimum atomic E-state index is 0.0549. The second-order valence-electron chi connectivity index (χ2n) is 14.4. The zero-order valence-corrected chi connectivity index (χ0v) is 29.7. The molecule has 1 unspecified atom stereocenters. The highest BCUT2D eigenvalue weighted by atomic mass is 16.3. The molecule has 9 aromatic rings. The number of furan rings is 1. The predicted octanol–water partition coefficient (Wildman–Crippen LogP) is 11.7. The lowest BCUT2D eigenvalue weighted by molar-refractivity contribution is 0.564. The molecule has 3 nitrogen and oxygen atoms in total. The van der Waals surface area contributed by atoms with Gasteiger partial charge in [0.1, 0.15) is 5.58 Å².